The second-order valence-electron chi connectivity index (χ2n) is 4.41. The fraction of sp³-hybridized carbons (Fsp3) is 1.00. The molecular formula is C11H24N2O3. The third-order valence-electron chi connectivity index (χ3n) is 2.83. The van der Waals surface area contributed by atoms with E-state index in [9.17, 15) is 10.2 Å². The van der Waals surface area contributed by atoms with Gasteiger partial charge in [0, 0.05) is 26.1 Å². The molecule has 3 atom stereocenters. The largest absolute Gasteiger partial charge is 0.393 e. The summed E-state index contributed by atoms with van der Waals surface area (Å²) in [4.78, 5) is 0. The number of aliphatic hydroxyl groups is 2. The van der Waals surface area contributed by atoms with Gasteiger partial charge in [-0.1, -0.05) is 0 Å². The Bertz CT molecular complexity index is 181. The van der Waals surface area contributed by atoms with E-state index in [0.29, 0.717) is 32.7 Å². The highest BCUT2D eigenvalue weighted by Crippen LogP contribution is 2.12. The highest BCUT2D eigenvalue weighted by Gasteiger charge is 2.20. The molecule has 1 aliphatic heterocycles. The molecule has 0 amide bonds. The lowest BCUT2D eigenvalue weighted by atomic mass is 10.1. The van der Waals surface area contributed by atoms with Gasteiger partial charge in [-0.2, -0.15) is 0 Å². The van der Waals surface area contributed by atoms with Crippen LogP contribution in [0, 0.1) is 0 Å². The first-order valence-electron chi connectivity index (χ1n) is 6.11. The van der Waals surface area contributed by atoms with Crippen molar-refractivity contribution < 1.29 is 14.9 Å². The van der Waals surface area contributed by atoms with Crippen LogP contribution >= 0.6 is 0 Å². The van der Waals surface area contributed by atoms with Crippen LogP contribution in [0.15, 0.2) is 0 Å². The molecule has 0 radical (unpaired) electrons. The monoisotopic (exact) mass is 232 g/mol. The maximum Gasteiger partial charge on any atom is 0.0724 e. The fourth-order valence-corrected chi connectivity index (χ4v) is 1.87. The van der Waals surface area contributed by atoms with E-state index in [1.54, 1.807) is 0 Å². The number of nitrogens with one attached hydrogen (secondary N) is 1. The average Bonchev–Trinajstić information content (AvgIpc) is 2.26. The molecule has 1 heterocycles. The van der Waals surface area contributed by atoms with Crippen LogP contribution in [0.5, 0.6) is 0 Å². The van der Waals surface area contributed by atoms with Crippen molar-refractivity contribution in [2.24, 2.45) is 5.73 Å². The number of hydrogen-bond donors (Lipinski definition) is 4. The minimum Gasteiger partial charge on any atom is -0.393 e. The average molecular weight is 232 g/mol. The first-order valence-corrected chi connectivity index (χ1v) is 6.11. The third kappa shape index (κ3) is 5.77. The van der Waals surface area contributed by atoms with Crippen molar-refractivity contribution in [2.45, 2.75) is 44.0 Å². The second kappa shape index (κ2) is 7.97. The summed E-state index contributed by atoms with van der Waals surface area (Å²) in [6.07, 6.45) is 2.51. The molecule has 0 bridgehead atoms. The van der Waals surface area contributed by atoms with Crippen molar-refractivity contribution in [1.82, 2.24) is 5.32 Å². The number of rotatable bonds is 7. The van der Waals surface area contributed by atoms with Crippen LogP contribution in [0.4, 0.5) is 0 Å². The summed E-state index contributed by atoms with van der Waals surface area (Å²) in [6, 6.07) is 0. The van der Waals surface area contributed by atoms with Gasteiger partial charge in [-0.15, -0.1) is 0 Å². The number of aliphatic hydroxyl groups excluding tert-OH is 2. The maximum absolute atomic E-state index is 9.55. The number of nitrogens with two attached hydrogens (primary N) is 1. The topological polar surface area (TPSA) is 87.7 Å². The van der Waals surface area contributed by atoms with Crippen LogP contribution in [0.3, 0.4) is 0 Å². The summed E-state index contributed by atoms with van der Waals surface area (Å²) in [5.41, 5.74) is 5.36. The lowest BCUT2D eigenvalue weighted by Gasteiger charge is -2.27. The van der Waals surface area contributed by atoms with Gasteiger partial charge >= 0.3 is 0 Å². The van der Waals surface area contributed by atoms with Crippen LogP contribution < -0.4 is 11.1 Å². The molecule has 0 spiro atoms. The zero-order chi connectivity index (χ0) is 11.8. The Morgan fingerprint density at radius 3 is 3.00 bits per heavy atom. The van der Waals surface area contributed by atoms with Crippen LogP contribution in [0.25, 0.3) is 0 Å². The maximum atomic E-state index is 9.55. The highest BCUT2D eigenvalue weighted by atomic mass is 16.5. The lowest BCUT2D eigenvalue weighted by Crippen LogP contribution is -2.39. The summed E-state index contributed by atoms with van der Waals surface area (Å²) in [5.74, 6) is 0. The Morgan fingerprint density at radius 2 is 2.31 bits per heavy atom. The van der Waals surface area contributed by atoms with Gasteiger partial charge in [0.25, 0.3) is 0 Å². The first-order chi connectivity index (χ1) is 7.72. The highest BCUT2D eigenvalue weighted by molar-refractivity contribution is 4.73. The standard InChI is InChI=1S/C11H24N2O3/c12-4-1-2-10(15)7-13-8-11-6-9(14)3-5-16-11/h9-11,13-15H,1-8,12H2. The predicted molar refractivity (Wildman–Crippen MR) is 62.1 cm³/mol. The van der Waals surface area contributed by atoms with E-state index < -0.39 is 0 Å². The molecule has 0 aromatic rings. The normalized spacial score (nSPS) is 27.9. The van der Waals surface area contributed by atoms with Crippen LogP contribution in [-0.2, 0) is 4.74 Å². The summed E-state index contributed by atoms with van der Waals surface area (Å²) in [6.45, 7) is 2.50. The van der Waals surface area contributed by atoms with Gasteiger partial charge in [-0.05, 0) is 25.8 Å². The Kier molecular flexibility index (Phi) is 6.91. The fourth-order valence-electron chi connectivity index (χ4n) is 1.87. The van der Waals surface area contributed by atoms with Crippen LogP contribution in [0.1, 0.15) is 25.7 Å². The van der Waals surface area contributed by atoms with Gasteiger partial charge < -0.3 is 26.0 Å². The lowest BCUT2D eigenvalue weighted by molar-refractivity contribution is -0.0424. The summed E-state index contributed by atoms with van der Waals surface area (Å²) < 4.78 is 5.49. The van der Waals surface area contributed by atoms with Crippen molar-refractivity contribution in [3.63, 3.8) is 0 Å². The van der Waals surface area contributed by atoms with Gasteiger partial charge in [0.2, 0.25) is 0 Å². The minimum absolute atomic E-state index is 0.0745. The molecule has 0 saturated carbocycles. The molecule has 1 rings (SSSR count). The van der Waals surface area contributed by atoms with E-state index in [0.717, 1.165) is 19.3 Å². The van der Waals surface area contributed by atoms with E-state index in [2.05, 4.69) is 5.32 Å². The van der Waals surface area contributed by atoms with E-state index in [1.807, 2.05) is 0 Å². The zero-order valence-corrected chi connectivity index (χ0v) is 9.77. The first kappa shape index (κ1) is 13.9. The Balaban J connectivity index is 2.01. The Hall–Kier alpha value is -0.200. The summed E-state index contributed by atoms with van der Waals surface area (Å²) in [7, 11) is 0. The van der Waals surface area contributed by atoms with Crippen LogP contribution in [-0.4, -0.2) is 54.8 Å². The van der Waals surface area contributed by atoms with Gasteiger partial charge in [-0.25, -0.2) is 0 Å². The SMILES string of the molecule is NCCCC(O)CNCC1CC(O)CCO1. The van der Waals surface area contributed by atoms with Gasteiger partial charge in [0.1, 0.15) is 0 Å². The summed E-state index contributed by atoms with van der Waals surface area (Å²) >= 11 is 0. The Labute approximate surface area is 97.0 Å². The summed E-state index contributed by atoms with van der Waals surface area (Å²) in [5, 5.41) is 22.1. The molecule has 5 N–H and O–H groups in total. The predicted octanol–water partition coefficient (Wildman–Crippen LogP) is -0.784. The molecule has 0 aliphatic carbocycles. The minimum atomic E-state index is -0.336. The smallest absolute Gasteiger partial charge is 0.0724 e. The molecule has 1 saturated heterocycles. The Morgan fingerprint density at radius 1 is 1.50 bits per heavy atom. The zero-order valence-electron chi connectivity index (χ0n) is 9.77. The van der Waals surface area contributed by atoms with Crippen molar-refractivity contribution in [3.05, 3.63) is 0 Å². The van der Waals surface area contributed by atoms with Crippen LogP contribution in [0.2, 0.25) is 0 Å². The molecule has 3 unspecified atom stereocenters. The molecule has 1 aliphatic rings. The molecular weight excluding hydrogens is 208 g/mol. The number of ether oxygens (including phenoxy) is 1. The molecule has 5 heteroatoms. The number of hydrogen-bond acceptors (Lipinski definition) is 5. The quantitative estimate of drug-likeness (QED) is 0.462. The van der Waals surface area contributed by atoms with Crippen molar-refractivity contribution in [1.29, 1.82) is 0 Å². The van der Waals surface area contributed by atoms with Gasteiger partial charge in [0.15, 0.2) is 0 Å². The molecule has 16 heavy (non-hydrogen) atoms. The van der Waals surface area contributed by atoms with Gasteiger partial charge in [0.05, 0.1) is 18.3 Å². The van der Waals surface area contributed by atoms with E-state index in [4.69, 9.17) is 10.5 Å². The molecule has 0 aromatic heterocycles. The van der Waals surface area contributed by atoms with E-state index >= 15 is 0 Å². The molecule has 1 fully saturated rings. The van der Waals surface area contributed by atoms with E-state index in [1.165, 1.54) is 0 Å². The molecule has 5 nitrogen and oxygen atoms in total. The van der Waals surface area contributed by atoms with Crippen molar-refractivity contribution in [2.75, 3.05) is 26.2 Å². The molecule has 0 aromatic carbocycles. The van der Waals surface area contributed by atoms with Crippen molar-refractivity contribution >= 4 is 0 Å². The second-order valence-corrected chi connectivity index (χ2v) is 4.41. The van der Waals surface area contributed by atoms with E-state index in [-0.39, 0.29) is 18.3 Å². The van der Waals surface area contributed by atoms with Gasteiger partial charge in [-0.3, -0.25) is 0 Å². The third-order valence-corrected chi connectivity index (χ3v) is 2.83. The molecule has 96 valence electrons. The van der Waals surface area contributed by atoms with Crippen molar-refractivity contribution in [3.8, 4) is 0 Å².